The maximum absolute atomic E-state index is 11.9. The molecule has 0 bridgehead atoms. The molecule has 2 atom stereocenters. The van der Waals surface area contributed by atoms with Crippen LogP contribution in [0.2, 0.25) is 0 Å². The molecule has 1 saturated heterocycles. The molecule has 4 heteroatoms. The van der Waals surface area contributed by atoms with Crippen LogP contribution in [0.25, 0.3) is 0 Å². The van der Waals surface area contributed by atoms with E-state index >= 15 is 0 Å². The van der Waals surface area contributed by atoms with Crippen LogP contribution in [0.1, 0.15) is 43.4 Å². The van der Waals surface area contributed by atoms with E-state index in [-0.39, 0.29) is 11.9 Å². The second-order valence-electron chi connectivity index (χ2n) is 5.02. The van der Waals surface area contributed by atoms with Crippen molar-refractivity contribution >= 4 is 5.91 Å². The van der Waals surface area contributed by atoms with Crippen molar-refractivity contribution in [2.45, 2.75) is 38.3 Å². The molecular formula is C15H19N3O. The van der Waals surface area contributed by atoms with Gasteiger partial charge in [0.15, 0.2) is 0 Å². The Morgan fingerprint density at radius 2 is 2.26 bits per heavy atom. The van der Waals surface area contributed by atoms with Crippen molar-refractivity contribution in [2.75, 3.05) is 6.54 Å². The van der Waals surface area contributed by atoms with E-state index < -0.39 is 0 Å². The summed E-state index contributed by atoms with van der Waals surface area (Å²) in [4.78, 5) is 11.9. The van der Waals surface area contributed by atoms with Crippen molar-refractivity contribution in [1.82, 2.24) is 10.6 Å². The lowest BCUT2D eigenvalue weighted by Crippen LogP contribution is -2.33. The van der Waals surface area contributed by atoms with Gasteiger partial charge in [-0.3, -0.25) is 4.79 Å². The number of carbonyl (C=O) groups excluding carboxylic acids is 1. The van der Waals surface area contributed by atoms with Gasteiger partial charge in [-0.15, -0.1) is 0 Å². The first kappa shape index (κ1) is 13.6. The summed E-state index contributed by atoms with van der Waals surface area (Å²) in [7, 11) is 0. The molecule has 1 aliphatic heterocycles. The minimum atomic E-state index is -0.0263. The van der Waals surface area contributed by atoms with E-state index in [1.165, 1.54) is 0 Å². The first-order chi connectivity index (χ1) is 9.19. The SMILES string of the molecule is CC(NC(=O)CC1CCCN1)c1ccc(C#N)cc1. The first-order valence-corrected chi connectivity index (χ1v) is 6.72. The third-order valence-corrected chi connectivity index (χ3v) is 3.51. The van der Waals surface area contributed by atoms with Crippen LogP contribution in [0.15, 0.2) is 24.3 Å². The Labute approximate surface area is 113 Å². The van der Waals surface area contributed by atoms with E-state index in [2.05, 4.69) is 16.7 Å². The molecule has 2 N–H and O–H groups in total. The lowest BCUT2D eigenvalue weighted by molar-refractivity contribution is -0.122. The average Bonchev–Trinajstić information content (AvgIpc) is 2.91. The molecule has 0 saturated carbocycles. The van der Waals surface area contributed by atoms with Crippen molar-refractivity contribution in [3.05, 3.63) is 35.4 Å². The molecule has 100 valence electrons. The fourth-order valence-corrected chi connectivity index (χ4v) is 2.38. The molecular weight excluding hydrogens is 238 g/mol. The number of hydrogen-bond acceptors (Lipinski definition) is 3. The molecule has 1 fully saturated rings. The molecule has 1 aromatic carbocycles. The monoisotopic (exact) mass is 257 g/mol. The third kappa shape index (κ3) is 3.80. The fraction of sp³-hybridized carbons (Fsp3) is 0.467. The Hall–Kier alpha value is -1.86. The molecule has 1 aromatic rings. The Balaban J connectivity index is 1.86. The van der Waals surface area contributed by atoms with Crippen molar-refractivity contribution in [3.63, 3.8) is 0 Å². The predicted molar refractivity (Wildman–Crippen MR) is 73.4 cm³/mol. The number of amides is 1. The van der Waals surface area contributed by atoms with Gasteiger partial charge in [0.2, 0.25) is 5.91 Å². The average molecular weight is 257 g/mol. The predicted octanol–water partition coefficient (Wildman–Crippen LogP) is 1.88. The van der Waals surface area contributed by atoms with Gasteiger partial charge < -0.3 is 10.6 Å². The van der Waals surface area contributed by atoms with Crippen LogP contribution < -0.4 is 10.6 Å². The van der Waals surface area contributed by atoms with E-state index in [9.17, 15) is 4.79 Å². The normalized spacial score (nSPS) is 19.7. The van der Waals surface area contributed by atoms with E-state index in [0.29, 0.717) is 18.0 Å². The Morgan fingerprint density at radius 3 is 2.84 bits per heavy atom. The van der Waals surface area contributed by atoms with Gasteiger partial charge in [0, 0.05) is 12.5 Å². The van der Waals surface area contributed by atoms with Gasteiger partial charge in [-0.25, -0.2) is 0 Å². The van der Waals surface area contributed by atoms with Gasteiger partial charge in [-0.1, -0.05) is 12.1 Å². The summed E-state index contributed by atoms with van der Waals surface area (Å²) >= 11 is 0. The van der Waals surface area contributed by atoms with Crippen LogP contribution in [0.3, 0.4) is 0 Å². The summed E-state index contributed by atoms with van der Waals surface area (Å²) in [6.07, 6.45) is 2.78. The molecule has 0 aliphatic carbocycles. The first-order valence-electron chi connectivity index (χ1n) is 6.72. The van der Waals surface area contributed by atoms with Crippen LogP contribution in [0, 0.1) is 11.3 Å². The standard InChI is InChI=1S/C15H19N3O/c1-11(13-6-4-12(10-16)5-7-13)18-15(19)9-14-3-2-8-17-14/h4-7,11,14,17H,2-3,8-9H2,1H3,(H,18,19). The maximum atomic E-state index is 11.9. The van der Waals surface area contributed by atoms with Crippen LogP contribution in [0.5, 0.6) is 0 Å². The molecule has 0 aromatic heterocycles. The van der Waals surface area contributed by atoms with E-state index in [1.54, 1.807) is 12.1 Å². The van der Waals surface area contributed by atoms with Crippen LogP contribution in [-0.2, 0) is 4.79 Å². The lowest BCUT2D eigenvalue weighted by atomic mass is 10.1. The molecule has 2 unspecified atom stereocenters. The van der Waals surface area contributed by atoms with Gasteiger partial charge >= 0.3 is 0 Å². The number of benzene rings is 1. The molecule has 1 aliphatic rings. The summed E-state index contributed by atoms with van der Waals surface area (Å²) in [5.41, 5.74) is 1.66. The molecule has 2 rings (SSSR count). The summed E-state index contributed by atoms with van der Waals surface area (Å²) in [6.45, 7) is 2.98. The van der Waals surface area contributed by atoms with Crippen molar-refractivity contribution < 1.29 is 4.79 Å². The van der Waals surface area contributed by atoms with Crippen molar-refractivity contribution in [3.8, 4) is 6.07 Å². The number of carbonyl (C=O) groups is 1. The number of nitrogens with zero attached hydrogens (tertiary/aromatic N) is 1. The Bertz CT molecular complexity index is 469. The Morgan fingerprint density at radius 1 is 1.53 bits per heavy atom. The van der Waals surface area contributed by atoms with E-state index in [1.807, 2.05) is 19.1 Å². The highest BCUT2D eigenvalue weighted by molar-refractivity contribution is 5.77. The maximum Gasteiger partial charge on any atom is 0.222 e. The van der Waals surface area contributed by atoms with Gasteiger partial charge in [0.1, 0.15) is 0 Å². The molecule has 0 spiro atoms. The van der Waals surface area contributed by atoms with Crippen molar-refractivity contribution in [2.24, 2.45) is 0 Å². The smallest absolute Gasteiger partial charge is 0.222 e. The number of hydrogen-bond donors (Lipinski definition) is 2. The van der Waals surface area contributed by atoms with Crippen LogP contribution in [-0.4, -0.2) is 18.5 Å². The minimum absolute atomic E-state index is 0.0263. The van der Waals surface area contributed by atoms with Gasteiger partial charge in [-0.05, 0) is 44.0 Å². The number of nitrogens with one attached hydrogen (secondary N) is 2. The molecule has 1 heterocycles. The largest absolute Gasteiger partial charge is 0.350 e. The minimum Gasteiger partial charge on any atom is -0.350 e. The van der Waals surface area contributed by atoms with Crippen LogP contribution in [0.4, 0.5) is 0 Å². The molecule has 0 radical (unpaired) electrons. The van der Waals surface area contributed by atoms with Crippen molar-refractivity contribution in [1.29, 1.82) is 5.26 Å². The summed E-state index contributed by atoms with van der Waals surface area (Å²) in [5, 5.41) is 15.1. The fourth-order valence-electron chi connectivity index (χ4n) is 2.38. The highest BCUT2D eigenvalue weighted by atomic mass is 16.1. The molecule has 19 heavy (non-hydrogen) atoms. The highest BCUT2D eigenvalue weighted by Crippen LogP contribution is 2.14. The van der Waals surface area contributed by atoms with E-state index in [4.69, 9.17) is 5.26 Å². The third-order valence-electron chi connectivity index (χ3n) is 3.51. The summed E-state index contributed by atoms with van der Waals surface area (Å²) in [6, 6.07) is 9.71. The second kappa shape index (κ2) is 6.35. The zero-order valence-electron chi connectivity index (χ0n) is 11.1. The topological polar surface area (TPSA) is 64.9 Å². The summed E-state index contributed by atoms with van der Waals surface area (Å²) < 4.78 is 0. The Kier molecular flexibility index (Phi) is 4.53. The quantitative estimate of drug-likeness (QED) is 0.865. The highest BCUT2D eigenvalue weighted by Gasteiger charge is 2.18. The van der Waals surface area contributed by atoms with E-state index in [0.717, 1.165) is 24.9 Å². The zero-order valence-corrected chi connectivity index (χ0v) is 11.1. The van der Waals surface area contributed by atoms with Gasteiger partial charge in [0.05, 0.1) is 17.7 Å². The van der Waals surface area contributed by atoms with Gasteiger partial charge in [0.25, 0.3) is 0 Å². The van der Waals surface area contributed by atoms with Crippen LogP contribution >= 0.6 is 0 Å². The molecule has 4 nitrogen and oxygen atoms in total. The zero-order chi connectivity index (χ0) is 13.7. The number of nitriles is 1. The number of rotatable bonds is 4. The van der Waals surface area contributed by atoms with Gasteiger partial charge in [-0.2, -0.15) is 5.26 Å². The summed E-state index contributed by atoms with van der Waals surface area (Å²) in [5.74, 6) is 0.0799. The lowest BCUT2D eigenvalue weighted by Gasteiger charge is -2.16. The molecule has 1 amide bonds. The second-order valence-corrected chi connectivity index (χ2v) is 5.02.